The fraction of sp³-hybridized carbons (Fsp3) is 0.778. The van der Waals surface area contributed by atoms with Gasteiger partial charge in [0.2, 0.25) is 0 Å². The number of hydrogen-bond acceptors (Lipinski definition) is 4. The van der Waals surface area contributed by atoms with E-state index in [1.54, 1.807) is 18.7 Å². The van der Waals surface area contributed by atoms with Crippen LogP contribution in [0.3, 0.4) is 0 Å². The first-order valence-corrected chi connectivity index (χ1v) is 5.40. The van der Waals surface area contributed by atoms with E-state index < -0.39 is 5.97 Å². The quantitative estimate of drug-likeness (QED) is 0.487. The molecule has 0 bridgehead atoms. The predicted molar refractivity (Wildman–Crippen MR) is 53.9 cm³/mol. The fourth-order valence-corrected chi connectivity index (χ4v) is 1.30. The van der Waals surface area contributed by atoms with Gasteiger partial charge in [0.15, 0.2) is 5.78 Å². The van der Waals surface area contributed by atoms with Crippen molar-refractivity contribution in [3.8, 4) is 0 Å². The second-order valence-electron chi connectivity index (χ2n) is 2.88. The van der Waals surface area contributed by atoms with Gasteiger partial charge in [0.05, 0.1) is 12.4 Å². The Balaban J connectivity index is 3.56. The number of thioether (sulfide) groups is 1. The molecule has 76 valence electrons. The zero-order chi connectivity index (χ0) is 10.3. The van der Waals surface area contributed by atoms with Crippen molar-refractivity contribution in [1.29, 1.82) is 0 Å². The largest absolute Gasteiger partial charge is 0.466 e. The summed E-state index contributed by atoms with van der Waals surface area (Å²) in [7, 11) is 0. The number of carbonyl (C=O) groups excluding carboxylic acids is 2. The van der Waals surface area contributed by atoms with Crippen molar-refractivity contribution in [1.82, 2.24) is 0 Å². The monoisotopic (exact) mass is 204 g/mol. The Kier molecular flexibility index (Phi) is 6.68. The minimum Gasteiger partial charge on any atom is -0.466 e. The Hall–Kier alpha value is -0.510. The third kappa shape index (κ3) is 7.84. The molecular formula is C9H16O3S. The lowest BCUT2D eigenvalue weighted by molar-refractivity contribution is -0.145. The van der Waals surface area contributed by atoms with E-state index in [9.17, 15) is 9.59 Å². The normalized spacial score (nSPS) is 10.2. The van der Waals surface area contributed by atoms with E-state index in [0.717, 1.165) is 0 Å². The van der Waals surface area contributed by atoms with Crippen molar-refractivity contribution in [3.63, 3.8) is 0 Å². The molecule has 0 rings (SSSR count). The van der Waals surface area contributed by atoms with Gasteiger partial charge >= 0.3 is 5.97 Å². The van der Waals surface area contributed by atoms with E-state index in [1.165, 1.54) is 0 Å². The van der Waals surface area contributed by atoms with Gasteiger partial charge in [-0.15, -0.1) is 0 Å². The van der Waals surface area contributed by atoms with Crippen LogP contribution in [-0.2, 0) is 14.3 Å². The molecule has 0 amide bonds. The molecule has 0 atom stereocenters. The topological polar surface area (TPSA) is 43.4 Å². The molecule has 0 spiro atoms. The van der Waals surface area contributed by atoms with Crippen molar-refractivity contribution < 1.29 is 14.3 Å². The average molecular weight is 204 g/mol. The van der Waals surface area contributed by atoms with Gasteiger partial charge in [-0.2, -0.15) is 11.8 Å². The van der Waals surface area contributed by atoms with Crippen molar-refractivity contribution in [2.24, 2.45) is 0 Å². The summed E-state index contributed by atoms with van der Waals surface area (Å²) in [5, 5.41) is 0.422. The molecule has 0 fully saturated rings. The first kappa shape index (κ1) is 12.5. The SMILES string of the molecule is CCOC(=O)CC(=O)CSC(C)C. The van der Waals surface area contributed by atoms with Gasteiger partial charge in [-0.25, -0.2) is 0 Å². The molecule has 0 aromatic carbocycles. The number of ether oxygens (including phenoxy) is 1. The summed E-state index contributed by atoms with van der Waals surface area (Å²) in [6.45, 7) is 6.10. The standard InChI is InChI=1S/C9H16O3S/c1-4-12-9(11)5-8(10)6-13-7(2)3/h7H,4-6H2,1-3H3. The Labute approximate surface area is 83.2 Å². The highest BCUT2D eigenvalue weighted by Crippen LogP contribution is 2.09. The van der Waals surface area contributed by atoms with E-state index in [1.807, 2.05) is 13.8 Å². The molecule has 0 heterocycles. The maximum absolute atomic E-state index is 11.1. The van der Waals surface area contributed by atoms with Gasteiger partial charge < -0.3 is 4.74 Å². The summed E-state index contributed by atoms with van der Waals surface area (Å²) < 4.78 is 4.65. The lowest BCUT2D eigenvalue weighted by Crippen LogP contribution is -2.13. The van der Waals surface area contributed by atoms with Crippen LogP contribution in [0.4, 0.5) is 0 Å². The van der Waals surface area contributed by atoms with Crippen molar-refractivity contribution in [3.05, 3.63) is 0 Å². The molecule has 0 aliphatic rings. The Morgan fingerprint density at radius 1 is 1.38 bits per heavy atom. The van der Waals surface area contributed by atoms with Crippen LogP contribution in [-0.4, -0.2) is 29.4 Å². The van der Waals surface area contributed by atoms with E-state index in [-0.39, 0.29) is 12.2 Å². The second kappa shape index (κ2) is 6.95. The first-order valence-electron chi connectivity index (χ1n) is 4.35. The summed E-state index contributed by atoms with van der Waals surface area (Å²) in [6, 6.07) is 0. The van der Waals surface area contributed by atoms with Gasteiger partial charge in [0, 0.05) is 0 Å². The number of hydrogen-bond donors (Lipinski definition) is 0. The minimum absolute atomic E-state index is 0.0582. The van der Waals surface area contributed by atoms with E-state index in [0.29, 0.717) is 17.6 Å². The van der Waals surface area contributed by atoms with Crippen molar-refractivity contribution in [2.75, 3.05) is 12.4 Å². The number of Topliss-reactive ketones (excluding diaryl/α,β-unsaturated/α-hetero) is 1. The average Bonchev–Trinajstić information content (AvgIpc) is 2.01. The molecule has 0 aliphatic carbocycles. The van der Waals surface area contributed by atoms with Gasteiger partial charge in [-0.1, -0.05) is 13.8 Å². The lowest BCUT2D eigenvalue weighted by Gasteiger charge is -2.03. The summed E-state index contributed by atoms with van der Waals surface area (Å²) in [4.78, 5) is 22.0. The maximum Gasteiger partial charge on any atom is 0.313 e. The fourth-order valence-electron chi connectivity index (χ4n) is 0.684. The molecular weight excluding hydrogens is 188 g/mol. The predicted octanol–water partition coefficient (Wildman–Crippen LogP) is 1.65. The van der Waals surface area contributed by atoms with Gasteiger partial charge in [0.25, 0.3) is 0 Å². The highest BCUT2D eigenvalue weighted by atomic mass is 32.2. The molecule has 0 unspecified atom stereocenters. The zero-order valence-corrected chi connectivity index (χ0v) is 9.15. The molecule has 0 radical (unpaired) electrons. The summed E-state index contributed by atoms with van der Waals surface area (Å²) in [5.74, 6) is -0.0785. The number of esters is 1. The molecule has 0 saturated carbocycles. The maximum atomic E-state index is 11.1. The smallest absolute Gasteiger partial charge is 0.313 e. The lowest BCUT2D eigenvalue weighted by atomic mass is 10.3. The minimum atomic E-state index is -0.420. The van der Waals surface area contributed by atoms with Crippen LogP contribution in [0.5, 0.6) is 0 Å². The Morgan fingerprint density at radius 2 is 2.00 bits per heavy atom. The summed E-state index contributed by atoms with van der Waals surface area (Å²) in [5.41, 5.74) is 0. The highest BCUT2D eigenvalue weighted by molar-refractivity contribution is 8.00. The van der Waals surface area contributed by atoms with Crippen molar-refractivity contribution in [2.45, 2.75) is 32.4 Å². The Bertz CT molecular complexity index is 178. The molecule has 13 heavy (non-hydrogen) atoms. The Morgan fingerprint density at radius 3 is 2.46 bits per heavy atom. The van der Waals surface area contributed by atoms with Crippen LogP contribution < -0.4 is 0 Å². The van der Waals surface area contributed by atoms with Crippen LogP contribution in [0.25, 0.3) is 0 Å². The highest BCUT2D eigenvalue weighted by Gasteiger charge is 2.10. The van der Waals surface area contributed by atoms with E-state index in [4.69, 9.17) is 0 Å². The molecule has 0 aromatic rings. The van der Waals surface area contributed by atoms with Crippen LogP contribution >= 0.6 is 11.8 Å². The molecule has 0 saturated heterocycles. The third-order valence-electron chi connectivity index (χ3n) is 1.22. The van der Waals surface area contributed by atoms with Crippen LogP contribution in [0.15, 0.2) is 0 Å². The van der Waals surface area contributed by atoms with Gasteiger partial charge in [0.1, 0.15) is 6.42 Å². The van der Waals surface area contributed by atoms with Gasteiger partial charge in [-0.3, -0.25) is 9.59 Å². The number of rotatable bonds is 6. The van der Waals surface area contributed by atoms with Crippen molar-refractivity contribution >= 4 is 23.5 Å². The molecule has 0 N–H and O–H groups in total. The van der Waals surface area contributed by atoms with E-state index >= 15 is 0 Å². The van der Waals surface area contributed by atoms with E-state index in [2.05, 4.69) is 4.74 Å². The van der Waals surface area contributed by atoms with Crippen LogP contribution in [0.2, 0.25) is 0 Å². The second-order valence-corrected chi connectivity index (χ2v) is 4.45. The number of ketones is 1. The van der Waals surface area contributed by atoms with Crippen LogP contribution in [0, 0.1) is 0 Å². The third-order valence-corrected chi connectivity index (χ3v) is 2.38. The summed E-state index contributed by atoms with van der Waals surface area (Å²) in [6.07, 6.45) is -0.0897. The van der Waals surface area contributed by atoms with Gasteiger partial charge in [-0.05, 0) is 12.2 Å². The first-order chi connectivity index (χ1) is 6.06. The summed E-state index contributed by atoms with van der Waals surface area (Å²) >= 11 is 1.54. The van der Waals surface area contributed by atoms with Crippen LogP contribution in [0.1, 0.15) is 27.2 Å². The zero-order valence-electron chi connectivity index (χ0n) is 8.33. The molecule has 0 aliphatic heterocycles. The molecule has 3 nitrogen and oxygen atoms in total. The number of carbonyl (C=O) groups is 2. The molecule has 0 aromatic heterocycles. The molecule has 4 heteroatoms.